The van der Waals surface area contributed by atoms with Crippen molar-refractivity contribution in [2.75, 3.05) is 31.3 Å². The molecule has 0 N–H and O–H groups in total. The van der Waals surface area contributed by atoms with Gasteiger partial charge in [0.05, 0.1) is 13.2 Å². The summed E-state index contributed by atoms with van der Waals surface area (Å²) in [6.07, 6.45) is 2.78. The summed E-state index contributed by atoms with van der Waals surface area (Å²) in [5.41, 5.74) is 0.978. The van der Waals surface area contributed by atoms with Crippen LogP contribution in [0, 0.1) is 0 Å². The van der Waals surface area contributed by atoms with Crippen molar-refractivity contribution in [2.45, 2.75) is 32.3 Å². The summed E-state index contributed by atoms with van der Waals surface area (Å²) in [6, 6.07) is 9.85. The molecule has 0 radical (unpaired) electrons. The van der Waals surface area contributed by atoms with Crippen LogP contribution in [0.4, 0.5) is 5.69 Å². The average Bonchev–Trinajstić information content (AvgIpc) is 3.31. The van der Waals surface area contributed by atoms with Crippen molar-refractivity contribution in [3.8, 4) is 0 Å². The second-order valence-electron chi connectivity index (χ2n) is 4.97. The molecule has 0 bridgehead atoms. The van der Waals surface area contributed by atoms with E-state index in [4.69, 9.17) is 9.47 Å². The van der Waals surface area contributed by atoms with Crippen molar-refractivity contribution in [1.29, 1.82) is 0 Å². The molecule has 1 fully saturated rings. The number of hydrogen-bond donors (Lipinski definition) is 0. The van der Waals surface area contributed by atoms with Gasteiger partial charge < -0.3 is 14.4 Å². The molecular formula is C16H23NO3. The second-order valence-corrected chi connectivity index (χ2v) is 4.97. The zero-order chi connectivity index (χ0) is 14.2. The van der Waals surface area contributed by atoms with Crippen molar-refractivity contribution in [3.63, 3.8) is 0 Å². The first-order valence-electron chi connectivity index (χ1n) is 7.36. The molecule has 1 aliphatic heterocycles. The number of ether oxygens (including phenoxy) is 2. The van der Waals surface area contributed by atoms with Gasteiger partial charge in [0, 0.05) is 25.3 Å². The van der Waals surface area contributed by atoms with E-state index in [0.29, 0.717) is 19.1 Å². The first kappa shape index (κ1) is 15.0. The number of nitrogens with zero attached hydrogens (tertiary/aromatic N) is 1. The highest BCUT2D eigenvalue weighted by molar-refractivity contribution is 5.93. The molecule has 1 atom stereocenters. The number of benzene rings is 1. The molecule has 0 saturated carbocycles. The minimum atomic E-state index is 0.170. The van der Waals surface area contributed by atoms with Gasteiger partial charge in [-0.1, -0.05) is 25.1 Å². The topological polar surface area (TPSA) is 42.1 Å². The van der Waals surface area contributed by atoms with Crippen molar-refractivity contribution >= 4 is 11.6 Å². The summed E-state index contributed by atoms with van der Waals surface area (Å²) in [7, 11) is 0. The van der Waals surface area contributed by atoms with Crippen LogP contribution in [0.15, 0.2) is 30.3 Å². The van der Waals surface area contributed by atoms with Gasteiger partial charge in [0.25, 0.3) is 0 Å². The summed E-state index contributed by atoms with van der Waals surface area (Å²) in [4.78, 5) is 13.9. The Morgan fingerprint density at radius 1 is 1.35 bits per heavy atom. The van der Waals surface area contributed by atoms with Crippen molar-refractivity contribution in [1.82, 2.24) is 0 Å². The van der Waals surface area contributed by atoms with E-state index in [1.54, 1.807) is 0 Å². The van der Waals surface area contributed by atoms with Gasteiger partial charge in [-0.2, -0.15) is 0 Å². The Labute approximate surface area is 120 Å². The van der Waals surface area contributed by atoms with Crippen molar-refractivity contribution in [2.24, 2.45) is 0 Å². The Kier molecular flexibility index (Phi) is 6.02. The molecule has 2 rings (SSSR count). The first-order valence-corrected chi connectivity index (χ1v) is 7.36. The summed E-state index contributed by atoms with van der Waals surface area (Å²) < 4.78 is 10.6. The summed E-state index contributed by atoms with van der Waals surface area (Å²) >= 11 is 0. The fourth-order valence-corrected chi connectivity index (χ4v) is 2.05. The standard InChI is InChI=1S/C16H23NO3/c1-2-16(18)17(14-8-4-3-5-9-14)10-6-7-11-19-12-15-13-20-15/h3-5,8-9,15H,2,6-7,10-13H2,1H3. The fourth-order valence-electron chi connectivity index (χ4n) is 2.05. The van der Waals surface area contributed by atoms with Gasteiger partial charge >= 0.3 is 0 Å². The molecule has 4 heteroatoms. The lowest BCUT2D eigenvalue weighted by molar-refractivity contribution is -0.118. The number of amides is 1. The molecule has 1 heterocycles. The highest BCUT2D eigenvalue weighted by atomic mass is 16.6. The zero-order valence-electron chi connectivity index (χ0n) is 12.1. The van der Waals surface area contributed by atoms with E-state index in [2.05, 4.69) is 0 Å². The third-order valence-electron chi connectivity index (χ3n) is 3.30. The summed E-state index contributed by atoms with van der Waals surface area (Å²) in [6.45, 7) is 4.93. The monoisotopic (exact) mass is 277 g/mol. The van der Waals surface area contributed by atoms with E-state index in [9.17, 15) is 4.79 Å². The van der Waals surface area contributed by atoms with Crippen LogP contribution in [0.25, 0.3) is 0 Å². The number of carbonyl (C=O) groups excluding carboxylic acids is 1. The largest absolute Gasteiger partial charge is 0.379 e. The van der Waals surface area contributed by atoms with Crippen LogP contribution in [0.1, 0.15) is 26.2 Å². The number of hydrogen-bond acceptors (Lipinski definition) is 3. The lowest BCUT2D eigenvalue weighted by Crippen LogP contribution is -2.31. The van der Waals surface area contributed by atoms with Crippen LogP contribution in [0.2, 0.25) is 0 Å². The van der Waals surface area contributed by atoms with E-state index in [-0.39, 0.29) is 5.91 Å². The van der Waals surface area contributed by atoms with E-state index in [1.165, 1.54) is 0 Å². The van der Waals surface area contributed by atoms with Gasteiger partial charge in [0.15, 0.2) is 0 Å². The number of unbranched alkanes of at least 4 members (excludes halogenated alkanes) is 1. The second kappa shape index (κ2) is 8.02. The normalized spacial score (nSPS) is 16.9. The van der Waals surface area contributed by atoms with E-state index >= 15 is 0 Å². The number of para-hydroxylation sites is 1. The average molecular weight is 277 g/mol. The Bertz CT molecular complexity index is 403. The molecule has 1 aromatic rings. The van der Waals surface area contributed by atoms with Crippen molar-refractivity contribution in [3.05, 3.63) is 30.3 Å². The van der Waals surface area contributed by atoms with Gasteiger partial charge in [0.2, 0.25) is 5.91 Å². The van der Waals surface area contributed by atoms with E-state index in [0.717, 1.165) is 38.3 Å². The molecular weight excluding hydrogens is 254 g/mol. The maximum absolute atomic E-state index is 12.0. The molecule has 1 aromatic carbocycles. The van der Waals surface area contributed by atoms with Crippen LogP contribution >= 0.6 is 0 Å². The minimum Gasteiger partial charge on any atom is -0.379 e. The SMILES string of the molecule is CCC(=O)N(CCCCOCC1CO1)c1ccccc1. The number of anilines is 1. The van der Waals surface area contributed by atoms with Crippen LogP contribution in [-0.2, 0) is 14.3 Å². The Balaban J connectivity index is 1.71. The Hall–Kier alpha value is -1.39. The van der Waals surface area contributed by atoms with Crippen LogP contribution in [-0.4, -0.2) is 38.4 Å². The summed E-state index contributed by atoms with van der Waals surface area (Å²) in [5.74, 6) is 0.170. The zero-order valence-corrected chi connectivity index (χ0v) is 12.1. The third-order valence-corrected chi connectivity index (χ3v) is 3.30. The van der Waals surface area contributed by atoms with Crippen LogP contribution in [0.5, 0.6) is 0 Å². The maximum Gasteiger partial charge on any atom is 0.226 e. The maximum atomic E-state index is 12.0. The molecule has 20 heavy (non-hydrogen) atoms. The van der Waals surface area contributed by atoms with E-state index < -0.39 is 0 Å². The number of rotatable bonds is 9. The molecule has 0 aliphatic carbocycles. The van der Waals surface area contributed by atoms with Gasteiger partial charge in [-0.25, -0.2) is 0 Å². The van der Waals surface area contributed by atoms with Gasteiger partial charge in [-0.3, -0.25) is 4.79 Å². The quantitative estimate of drug-likeness (QED) is 0.515. The molecule has 0 aromatic heterocycles. The molecule has 110 valence electrons. The molecule has 1 amide bonds. The van der Waals surface area contributed by atoms with Gasteiger partial charge in [-0.05, 0) is 25.0 Å². The lowest BCUT2D eigenvalue weighted by Gasteiger charge is -2.22. The number of epoxide rings is 1. The molecule has 1 unspecified atom stereocenters. The Morgan fingerprint density at radius 3 is 2.75 bits per heavy atom. The predicted octanol–water partition coefficient (Wildman–Crippen LogP) is 2.63. The highest BCUT2D eigenvalue weighted by Gasteiger charge is 2.22. The Morgan fingerprint density at radius 2 is 2.10 bits per heavy atom. The molecule has 0 spiro atoms. The number of carbonyl (C=O) groups is 1. The molecule has 4 nitrogen and oxygen atoms in total. The third kappa shape index (κ3) is 4.94. The fraction of sp³-hybridized carbons (Fsp3) is 0.562. The predicted molar refractivity (Wildman–Crippen MR) is 78.9 cm³/mol. The van der Waals surface area contributed by atoms with Crippen LogP contribution < -0.4 is 4.90 Å². The summed E-state index contributed by atoms with van der Waals surface area (Å²) in [5, 5.41) is 0. The van der Waals surface area contributed by atoms with E-state index in [1.807, 2.05) is 42.2 Å². The van der Waals surface area contributed by atoms with Crippen LogP contribution in [0.3, 0.4) is 0 Å². The highest BCUT2D eigenvalue weighted by Crippen LogP contribution is 2.15. The molecule has 1 aliphatic rings. The molecule has 1 saturated heterocycles. The van der Waals surface area contributed by atoms with Crippen molar-refractivity contribution < 1.29 is 14.3 Å². The first-order chi connectivity index (χ1) is 9.81. The minimum absolute atomic E-state index is 0.170. The van der Waals surface area contributed by atoms with Gasteiger partial charge in [0.1, 0.15) is 6.10 Å². The lowest BCUT2D eigenvalue weighted by atomic mass is 10.2. The smallest absolute Gasteiger partial charge is 0.226 e. The van der Waals surface area contributed by atoms with Gasteiger partial charge in [-0.15, -0.1) is 0 Å².